The van der Waals surface area contributed by atoms with Crippen molar-refractivity contribution in [2.75, 3.05) is 5.73 Å². The van der Waals surface area contributed by atoms with E-state index in [1.807, 2.05) is 0 Å². The van der Waals surface area contributed by atoms with E-state index in [0.29, 0.717) is 12.8 Å². The number of hydrogen-bond acceptors (Lipinski definition) is 4. The number of anilines is 1. The lowest BCUT2D eigenvalue weighted by atomic mass is 10.3. The van der Waals surface area contributed by atoms with Crippen molar-refractivity contribution in [2.45, 2.75) is 25.1 Å². The van der Waals surface area contributed by atoms with E-state index in [4.69, 9.17) is 17.3 Å². The lowest BCUT2D eigenvalue weighted by Crippen LogP contribution is -2.31. The SMILES string of the molecule is Nc1cc(Cl)nc2c1nc(C(F)(F)F)c(=O)n2C1CC1. The molecule has 2 N–H and O–H groups in total. The van der Waals surface area contributed by atoms with Crippen molar-refractivity contribution in [3.05, 3.63) is 27.3 Å². The Labute approximate surface area is 115 Å². The van der Waals surface area contributed by atoms with Crippen molar-refractivity contribution in [3.8, 4) is 0 Å². The Morgan fingerprint density at radius 3 is 2.55 bits per heavy atom. The number of nitrogens with two attached hydrogens (primary N) is 1. The van der Waals surface area contributed by atoms with Crippen LogP contribution in [0.5, 0.6) is 0 Å². The Kier molecular flexibility index (Phi) is 2.69. The van der Waals surface area contributed by atoms with Crippen LogP contribution in [0.4, 0.5) is 18.9 Å². The van der Waals surface area contributed by atoms with E-state index in [1.165, 1.54) is 6.07 Å². The maximum Gasteiger partial charge on any atom is 0.438 e. The number of alkyl halides is 3. The fraction of sp³-hybridized carbons (Fsp3) is 0.364. The number of rotatable bonds is 1. The zero-order valence-corrected chi connectivity index (χ0v) is 10.7. The molecule has 0 aromatic carbocycles. The van der Waals surface area contributed by atoms with Gasteiger partial charge in [-0.05, 0) is 12.8 Å². The van der Waals surface area contributed by atoms with Crippen LogP contribution < -0.4 is 11.3 Å². The second kappa shape index (κ2) is 4.08. The molecule has 1 fully saturated rings. The van der Waals surface area contributed by atoms with Gasteiger partial charge < -0.3 is 5.73 Å². The summed E-state index contributed by atoms with van der Waals surface area (Å²) in [5.74, 6) is 0. The average Bonchev–Trinajstić information content (AvgIpc) is 3.10. The van der Waals surface area contributed by atoms with E-state index in [2.05, 4.69) is 9.97 Å². The summed E-state index contributed by atoms with van der Waals surface area (Å²) in [6.07, 6.45) is -3.61. The molecule has 0 unspecified atom stereocenters. The number of halogens is 4. The molecule has 2 heterocycles. The molecule has 1 aliphatic rings. The Hall–Kier alpha value is -1.83. The van der Waals surface area contributed by atoms with Crippen molar-refractivity contribution in [3.63, 3.8) is 0 Å². The Bertz CT molecular complexity index is 767. The van der Waals surface area contributed by atoms with Gasteiger partial charge in [0, 0.05) is 12.1 Å². The topological polar surface area (TPSA) is 73.8 Å². The van der Waals surface area contributed by atoms with Crippen LogP contribution in [-0.4, -0.2) is 14.5 Å². The fourth-order valence-corrected chi connectivity index (χ4v) is 2.22. The summed E-state index contributed by atoms with van der Waals surface area (Å²) in [5, 5.41) is 0.00496. The first-order valence-corrected chi connectivity index (χ1v) is 6.12. The highest BCUT2D eigenvalue weighted by Crippen LogP contribution is 2.37. The summed E-state index contributed by atoms with van der Waals surface area (Å²) < 4.78 is 39.7. The Morgan fingerprint density at radius 1 is 1.35 bits per heavy atom. The quantitative estimate of drug-likeness (QED) is 0.821. The number of pyridine rings is 1. The summed E-state index contributed by atoms with van der Waals surface area (Å²) >= 11 is 5.75. The second-order valence-electron chi connectivity index (χ2n) is 4.57. The Balaban J connectivity index is 2.47. The predicted molar refractivity (Wildman–Crippen MR) is 66.5 cm³/mol. The molecule has 0 atom stereocenters. The third-order valence-corrected chi connectivity index (χ3v) is 3.22. The van der Waals surface area contributed by atoms with Crippen molar-refractivity contribution in [1.82, 2.24) is 14.5 Å². The summed E-state index contributed by atoms with van der Waals surface area (Å²) in [5.41, 5.74) is 2.75. The van der Waals surface area contributed by atoms with Crippen LogP contribution in [0.25, 0.3) is 11.2 Å². The Morgan fingerprint density at radius 2 is 2.00 bits per heavy atom. The van der Waals surface area contributed by atoms with Gasteiger partial charge >= 0.3 is 6.18 Å². The molecule has 3 rings (SSSR count). The molecule has 106 valence electrons. The molecule has 2 aromatic rings. The highest BCUT2D eigenvalue weighted by Gasteiger charge is 2.40. The van der Waals surface area contributed by atoms with E-state index in [-0.39, 0.29) is 28.0 Å². The van der Waals surface area contributed by atoms with E-state index >= 15 is 0 Å². The van der Waals surface area contributed by atoms with E-state index < -0.39 is 17.4 Å². The summed E-state index contributed by atoms with van der Waals surface area (Å²) in [6.45, 7) is 0. The summed E-state index contributed by atoms with van der Waals surface area (Å²) in [4.78, 5) is 19.2. The largest absolute Gasteiger partial charge is 0.438 e. The summed E-state index contributed by atoms with van der Waals surface area (Å²) in [6, 6.07) is 0.901. The van der Waals surface area contributed by atoms with E-state index in [1.54, 1.807) is 0 Å². The van der Waals surface area contributed by atoms with Crippen LogP contribution in [0.15, 0.2) is 10.9 Å². The second-order valence-corrected chi connectivity index (χ2v) is 4.96. The van der Waals surface area contributed by atoms with Gasteiger partial charge in [-0.2, -0.15) is 13.2 Å². The molecule has 5 nitrogen and oxygen atoms in total. The lowest BCUT2D eigenvalue weighted by molar-refractivity contribution is -0.142. The molecule has 0 amide bonds. The van der Waals surface area contributed by atoms with Crippen LogP contribution in [-0.2, 0) is 6.18 Å². The molecule has 9 heteroatoms. The first kappa shape index (κ1) is 13.2. The van der Waals surface area contributed by atoms with Crippen LogP contribution in [0.2, 0.25) is 5.15 Å². The third-order valence-electron chi connectivity index (χ3n) is 3.03. The molecule has 0 bridgehead atoms. The molecule has 0 saturated heterocycles. The third kappa shape index (κ3) is 2.00. The standard InChI is InChI=1S/C11H8ClF3N4O/c12-6-3-5(16)7-9(17-6)19(4-1-2-4)10(20)8(18-7)11(13,14)15/h3-4H,1-2H2,(H2,16,17). The van der Waals surface area contributed by atoms with Crippen molar-refractivity contribution >= 4 is 28.5 Å². The summed E-state index contributed by atoms with van der Waals surface area (Å²) in [7, 11) is 0. The van der Waals surface area contributed by atoms with Crippen molar-refractivity contribution in [2.24, 2.45) is 0 Å². The fourth-order valence-electron chi connectivity index (χ4n) is 2.02. The number of fused-ring (bicyclic) bond motifs is 1. The normalized spacial score (nSPS) is 15.8. The number of hydrogen-bond donors (Lipinski definition) is 1. The molecule has 2 aromatic heterocycles. The zero-order valence-electron chi connectivity index (χ0n) is 9.91. The van der Waals surface area contributed by atoms with Gasteiger partial charge in [0.05, 0.1) is 5.69 Å². The van der Waals surface area contributed by atoms with Crippen LogP contribution in [0.1, 0.15) is 24.6 Å². The average molecular weight is 305 g/mol. The minimum atomic E-state index is -4.84. The number of nitrogens with zero attached hydrogens (tertiary/aromatic N) is 3. The highest BCUT2D eigenvalue weighted by molar-refractivity contribution is 6.30. The molecule has 0 aliphatic heterocycles. The van der Waals surface area contributed by atoms with Gasteiger partial charge in [-0.3, -0.25) is 9.36 Å². The van der Waals surface area contributed by atoms with Crippen LogP contribution in [0.3, 0.4) is 0 Å². The zero-order chi connectivity index (χ0) is 14.7. The molecule has 1 aliphatic carbocycles. The van der Waals surface area contributed by atoms with Gasteiger partial charge in [-0.25, -0.2) is 9.97 Å². The maximum absolute atomic E-state index is 12.9. The minimum Gasteiger partial charge on any atom is -0.397 e. The number of nitrogen functional groups attached to an aromatic ring is 1. The molecule has 1 saturated carbocycles. The van der Waals surface area contributed by atoms with Gasteiger partial charge in [0.2, 0.25) is 5.69 Å². The van der Waals surface area contributed by atoms with Gasteiger partial charge in [-0.1, -0.05) is 11.6 Å². The molecule has 0 spiro atoms. The maximum atomic E-state index is 12.9. The molecular weight excluding hydrogens is 297 g/mol. The van der Waals surface area contributed by atoms with Crippen molar-refractivity contribution in [1.29, 1.82) is 0 Å². The van der Waals surface area contributed by atoms with E-state index in [9.17, 15) is 18.0 Å². The monoisotopic (exact) mass is 304 g/mol. The van der Waals surface area contributed by atoms with Crippen LogP contribution >= 0.6 is 11.6 Å². The highest BCUT2D eigenvalue weighted by atomic mass is 35.5. The number of aromatic nitrogens is 3. The van der Waals surface area contributed by atoms with Gasteiger partial charge in [-0.15, -0.1) is 0 Å². The predicted octanol–water partition coefficient (Wildman–Crippen LogP) is 2.38. The molecule has 20 heavy (non-hydrogen) atoms. The van der Waals surface area contributed by atoms with Gasteiger partial charge in [0.25, 0.3) is 5.56 Å². The molecular formula is C11H8ClF3N4O. The van der Waals surface area contributed by atoms with Crippen LogP contribution in [0, 0.1) is 0 Å². The van der Waals surface area contributed by atoms with Crippen molar-refractivity contribution < 1.29 is 13.2 Å². The molecule has 0 radical (unpaired) electrons. The van der Waals surface area contributed by atoms with Gasteiger partial charge in [0.1, 0.15) is 10.7 Å². The van der Waals surface area contributed by atoms with E-state index in [0.717, 1.165) is 4.57 Å². The first-order valence-electron chi connectivity index (χ1n) is 5.74. The first-order chi connectivity index (χ1) is 9.29. The van der Waals surface area contributed by atoms with Gasteiger partial charge in [0.15, 0.2) is 5.65 Å². The lowest BCUT2D eigenvalue weighted by Gasteiger charge is -2.13. The smallest absolute Gasteiger partial charge is 0.397 e. The minimum absolute atomic E-state index is 0.00417.